The van der Waals surface area contributed by atoms with Crippen LogP contribution in [0.3, 0.4) is 0 Å². The molecule has 1 aromatic carbocycles. The largest absolute Gasteiger partial charge is 0.318 e. The van der Waals surface area contributed by atoms with E-state index in [1.165, 1.54) is 18.3 Å². The second-order valence-electron chi connectivity index (χ2n) is 5.03. The molecule has 0 N–H and O–H groups in total. The smallest absolute Gasteiger partial charge is 0.281 e. The maximum absolute atomic E-state index is 14.1. The van der Waals surface area contributed by atoms with Crippen molar-refractivity contribution in [1.82, 2.24) is 9.55 Å². The van der Waals surface area contributed by atoms with Crippen molar-refractivity contribution in [3.63, 3.8) is 0 Å². The van der Waals surface area contributed by atoms with Gasteiger partial charge in [0.25, 0.3) is 10.0 Å². The summed E-state index contributed by atoms with van der Waals surface area (Å²) in [5.41, 5.74) is -0.0135. The van der Waals surface area contributed by atoms with Crippen LogP contribution in [0.15, 0.2) is 29.4 Å². The summed E-state index contributed by atoms with van der Waals surface area (Å²) in [4.78, 5) is 4.15. The minimum absolute atomic E-state index is 0.0135. The summed E-state index contributed by atoms with van der Waals surface area (Å²) >= 11 is 5.73. The van der Waals surface area contributed by atoms with Crippen molar-refractivity contribution in [2.75, 3.05) is 10.8 Å². The number of rotatable bonds is 4. The summed E-state index contributed by atoms with van der Waals surface area (Å²) in [6.07, 6.45) is 2.98. The Hall–Kier alpha value is -1.60. The van der Waals surface area contributed by atoms with Crippen molar-refractivity contribution in [3.8, 4) is 0 Å². The predicted molar refractivity (Wildman–Crippen MR) is 82.2 cm³/mol. The lowest BCUT2D eigenvalue weighted by molar-refractivity contribution is 0.570. The summed E-state index contributed by atoms with van der Waals surface area (Å²) in [7, 11) is -3.87. The molecule has 0 spiro atoms. The summed E-state index contributed by atoms with van der Waals surface area (Å²) in [5, 5.41) is 0.330. The van der Waals surface area contributed by atoms with E-state index in [-0.39, 0.29) is 22.3 Å². The van der Waals surface area contributed by atoms with Crippen molar-refractivity contribution >= 4 is 27.3 Å². The normalized spacial score (nSPS) is 14.1. The Bertz CT molecular complexity index is 819. The van der Waals surface area contributed by atoms with Crippen molar-refractivity contribution in [2.45, 2.75) is 31.3 Å². The Morgan fingerprint density at radius 2 is 2.23 bits per heavy atom. The number of imidazole rings is 1. The zero-order chi connectivity index (χ0) is 15.9. The van der Waals surface area contributed by atoms with Gasteiger partial charge in [0.15, 0.2) is 5.03 Å². The first-order valence-electron chi connectivity index (χ1n) is 6.97. The first-order chi connectivity index (χ1) is 10.4. The molecule has 0 atom stereocenters. The third-order valence-electron chi connectivity index (χ3n) is 3.70. The molecule has 22 heavy (non-hydrogen) atoms. The number of aromatic nitrogens is 2. The van der Waals surface area contributed by atoms with Crippen molar-refractivity contribution in [3.05, 3.63) is 41.1 Å². The molecule has 1 aliphatic heterocycles. The Morgan fingerprint density at radius 1 is 1.45 bits per heavy atom. The van der Waals surface area contributed by atoms with E-state index in [4.69, 9.17) is 11.6 Å². The zero-order valence-corrected chi connectivity index (χ0v) is 13.5. The maximum Gasteiger partial charge on any atom is 0.281 e. The van der Waals surface area contributed by atoms with Gasteiger partial charge in [0.2, 0.25) is 0 Å². The number of sulfonamides is 1. The fourth-order valence-corrected chi connectivity index (χ4v) is 4.50. The van der Waals surface area contributed by atoms with Gasteiger partial charge in [0, 0.05) is 24.5 Å². The van der Waals surface area contributed by atoms with Gasteiger partial charge in [-0.25, -0.2) is 9.37 Å². The highest BCUT2D eigenvalue weighted by atomic mass is 35.5. The first kappa shape index (κ1) is 15.3. The Morgan fingerprint density at radius 3 is 2.91 bits per heavy atom. The number of hydrogen-bond acceptors (Lipinski definition) is 3. The summed E-state index contributed by atoms with van der Waals surface area (Å²) in [6.45, 7) is 2.39. The Kier molecular flexibility index (Phi) is 3.86. The number of fused-ring (bicyclic) bond motifs is 1. The molecule has 1 aromatic heterocycles. The number of nitrogens with zero attached hydrogens (tertiary/aromatic N) is 3. The molecule has 0 unspecified atom stereocenters. The van der Waals surface area contributed by atoms with Gasteiger partial charge >= 0.3 is 0 Å². The lowest BCUT2D eigenvalue weighted by Gasteiger charge is -2.23. The van der Waals surface area contributed by atoms with Crippen molar-refractivity contribution in [2.24, 2.45) is 0 Å². The fraction of sp³-hybridized carbons (Fsp3) is 0.357. The van der Waals surface area contributed by atoms with Crippen LogP contribution in [0.5, 0.6) is 0 Å². The number of anilines is 1. The van der Waals surface area contributed by atoms with Gasteiger partial charge in [-0.3, -0.25) is 4.31 Å². The van der Waals surface area contributed by atoms with Crippen molar-refractivity contribution in [1.29, 1.82) is 0 Å². The lowest BCUT2D eigenvalue weighted by Crippen LogP contribution is -2.33. The van der Waals surface area contributed by atoms with E-state index in [9.17, 15) is 12.8 Å². The number of aryl methyl sites for hydroxylation is 1. The van der Waals surface area contributed by atoms with Gasteiger partial charge in [-0.15, -0.1) is 0 Å². The maximum atomic E-state index is 14.1. The van der Waals surface area contributed by atoms with E-state index in [1.54, 1.807) is 11.5 Å². The van der Waals surface area contributed by atoms with E-state index in [0.717, 1.165) is 29.0 Å². The number of hydrogen-bond donors (Lipinski definition) is 0. The van der Waals surface area contributed by atoms with Crippen LogP contribution in [0.1, 0.15) is 19.2 Å². The molecule has 5 nitrogen and oxygen atoms in total. The Balaban J connectivity index is 2.09. The lowest BCUT2D eigenvalue weighted by atomic mass is 10.3. The summed E-state index contributed by atoms with van der Waals surface area (Å²) < 4.78 is 42.6. The molecule has 0 bridgehead atoms. The highest BCUT2D eigenvalue weighted by Gasteiger charge is 2.31. The molecule has 1 aliphatic rings. The van der Waals surface area contributed by atoms with Gasteiger partial charge < -0.3 is 4.57 Å². The predicted octanol–water partition coefficient (Wildman–Crippen LogP) is 2.84. The van der Waals surface area contributed by atoms with Crippen LogP contribution in [0.2, 0.25) is 5.02 Å². The second kappa shape index (κ2) is 5.55. The number of benzene rings is 1. The molecule has 0 aliphatic carbocycles. The molecule has 0 saturated carbocycles. The third kappa shape index (κ3) is 2.38. The highest BCUT2D eigenvalue weighted by molar-refractivity contribution is 7.92. The van der Waals surface area contributed by atoms with E-state index < -0.39 is 15.8 Å². The average molecular weight is 344 g/mol. The molecule has 0 radical (unpaired) electrons. The third-order valence-corrected chi connectivity index (χ3v) is 5.83. The SMILES string of the molecule is CCN(c1ccc(Cl)cc1F)S(=O)(=O)c1cnc2n1CCC2. The molecule has 0 fully saturated rings. The molecule has 0 saturated heterocycles. The van der Waals surface area contributed by atoms with Crippen LogP contribution < -0.4 is 4.31 Å². The monoisotopic (exact) mass is 343 g/mol. The van der Waals surface area contributed by atoms with E-state index >= 15 is 0 Å². The molecule has 2 heterocycles. The van der Waals surface area contributed by atoms with Crippen LogP contribution in [0.4, 0.5) is 10.1 Å². The molecule has 8 heteroatoms. The topological polar surface area (TPSA) is 55.2 Å². The molecule has 2 aromatic rings. The standard InChI is InChI=1S/C14H15ClFN3O2S/c1-2-19(12-6-5-10(15)8-11(12)16)22(20,21)14-9-17-13-4-3-7-18(13)14/h5-6,8-9H,2-4,7H2,1H3. The molecular formula is C14H15ClFN3O2S. The second-order valence-corrected chi connectivity index (χ2v) is 7.28. The minimum Gasteiger partial charge on any atom is -0.318 e. The molecular weight excluding hydrogens is 329 g/mol. The van der Waals surface area contributed by atoms with Crippen LogP contribution in [0.25, 0.3) is 0 Å². The molecule has 3 rings (SSSR count). The summed E-state index contributed by atoms with van der Waals surface area (Å²) in [6, 6.07) is 3.95. The first-order valence-corrected chi connectivity index (χ1v) is 8.79. The van der Waals surface area contributed by atoms with E-state index in [1.807, 2.05) is 0 Å². The van der Waals surface area contributed by atoms with Crippen LogP contribution in [-0.4, -0.2) is 24.5 Å². The quantitative estimate of drug-likeness (QED) is 0.857. The van der Waals surface area contributed by atoms with Crippen LogP contribution in [0, 0.1) is 5.82 Å². The van der Waals surface area contributed by atoms with Gasteiger partial charge in [-0.2, -0.15) is 8.42 Å². The zero-order valence-electron chi connectivity index (χ0n) is 12.0. The van der Waals surface area contributed by atoms with Gasteiger partial charge in [0.1, 0.15) is 11.6 Å². The highest BCUT2D eigenvalue weighted by Crippen LogP contribution is 2.29. The van der Waals surface area contributed by atoms with Gasteiger partial charge in [-0.1, -0.05) is 11.6 Å². The summed E-state index contributed by atoms with van der Waals surface area (Å²) in [5.74, 6) is 0.0882. The van der Waals surface area contributed by atoms with E-state index in [0.29, 0.717) is 6.54 Å². The molecule has 118 valence electrons. The van der Waals surface area contributed by atoms with Gasteiger partial charge in [0.05, 0.1) is 11.9 Å². The van der Waals surface area contributed by atoms with Crippen LogP contribution >= 0.6 is 11.6 Å². The van der Waals surface area contributed by atoms with Crippen molar-refractivity contribution < 1.29 is 12.8 Å². The van der Waals surface area contributed by atoms with Crippen LogP contribution in [-0.2, 0) is 23.0 Å². The van der Waals surface area contributed by atoms with E-state index in [2.05, 4.69) is 4.98 Å². The Labute approximate surface area is 133 Å². The fourth-order valence-electron chi connectivity index (χ4n) is 2.70. The average Bonchev–Trinajstić information content (AvgIpc) is 3.04. The number of halogens is 2. The molecule has 0 amide bonds. The minimum atomic E-state index is -3.87. The van der Waals surface area contributed by atoms with Gasteiger partial charge in [-0.05, 0) is 31.5 Å².